The van der Waals surface area contributed by atoms with Crippen molar-refractivity contribution in [3.05, 3.63) is 29.8 Å². The molecule has 0 fully saturated rings. The van der Waals surface area contributed by atoms with Gasteiger partial charge in [0.05, 0.1) is 13.5 Å². The predicted octanol–water partition coefficient (Wildman–Crippen LogP) is 2.16. The zero-order valence-corrected chi connectivity index (χ0v) is 12.1. The van der Waals surface area contributed by atoms with Gasteiger partial charge in [0.1, 0.15) is 0 Å². The highest BCUT2D eigenvalue weighted by Gasteiger charge is 2.04. The molecule has 0 atom stereocenters. The highest BCUT2D eigenvalue weighted by Crippen LogP contribution is 2.18. The van der Waals surface area contributed by atoms with Crippen LogP contribution in [0.5, 0.6) is 0 Å². The lowest BCUT2D eigenvalue weighted by Gasteiger charge is -2.04. The summed E-state index contributed by atoms with van der Waals surface area (Å²) in [7, 11) is 1.34. The lowest BCUT2D eigenvalue weighted by atomic mass is 10.2. The molecular weight excluding hydrogens is 262 g/mol. The molecule has 0 radical (unpaired) electrons. The van der Waals surface area contributed by atoms with Gasteiger partial charge in [0.15, 0.2) is 0 Å². The third-order valence-corrected chi connectivity index (χ3v) is 3.51. The molecule has 0 aliphatic carbocycles. The largest absolute Gasteiger partial charge is 0.469 e. The van der Waals surface area contributed by atoms with Gasteiger partial charge in [-0.2, -0.15) is 0 Å². The van der Waals surface area contributed by atoms with Gasteiger partial charge in [-0.25, -0.2) is 0 Å². The number of carbonyl (C=O) groups is 2. The van der Waals surface area contributed by atoms with E-state index in [1.165, 1.54) is 12.7 Å². The molecule has 0 saturated carbocycles. The molecular formula is C14H19NO3S. The van der Waals surface area contributed by atoms with Gasteiger partial charge in [-0.05, 0) is 19.1 Å². The predicted molar refractivity (Wildman–Crippen MR) is 76.2 cm³/mol. The molecule has 1 rings (SSSR count). The van der Waals surface area contributed by atoms with Crippen molar-refractivity contribution in [2.45, 2.75) is 24.7 Å². The number of hydrogen-bond donors (Lipinski definition) is 1. The molecule has 1 aromatic rings. The molecule has 4 nitrogen and oxygen atoms in total. The average molecular weight is 281 g/mol. The van der Waals surface area contributed by atoms with Crippen molar-refractivity contribution in [1.29, 1.82) is 0 Å². The number of aryl methyl sites for hydroxylation is 1. The Balaban J connectivity index is 2.13. The van der Waals surface area contributed by atoms with Crippen LogP contribution < -0.4 is 5.32 Å². The van der Waals surface area contributed by atoms with Crippen molar-refractivity contribution in [2.24, 2.45) is 0 Å². The van der Waals surface area contributed by atoms with Crippen molar-refractivity contribution < 1.29 is 14.3 Å². The van der Waals surface area contributed by atoms with Crippen LogP contribution in [0.2, 0.25) is 0 Å². The number of carbonyl (C=O) groups excluding carboxylic acids is 2. The maximum Gasteiger partial charge on any atom is 0.307 e. The van der Waals surface area contributed by atoms with Crippen LogP contribution in [0, 0.1) is 6.92 Å². The number of methoxy groups -OCH3 is 1. The number of nitrogens with one attached hydrogen (secondary N) is 1. The maximum absolute atomic E-state index is 11.5. The molecule has 1 N–H and O–H groups in total. The summed E-state index contributed by atoms with van der Waals surface area (Å²) < 4.78 is 4.49. The topological polar surface area (TPSA) is 55.4 Å². The zero-order valence-electron chi connectivity index (χ0n) is 11.3. The molecule has 0 aliphatic rings. The summed E-state index contributed by atoms with van der Waals surface area (Å²) in [5, 5.41) is 2.69. The molecule has 0 aromatic heterocycles. The molecule has 1 aromatic carbocycles. The van der Waals surface area contributed by atoms with Crippen LogP contribution in [0.3, 0.4) is 0 Å². The number of amides is 1. The van der Waals surface area contributed by atoms with Gasteiger partial charge in [-0.1, -0.05) is 17.7 Å². The second kappa shape index (κ2) is 8.58. The number of ether oxygens (including phenoxy) is 1. The molecule has 19 heavy (non-hydrogen) atoms. The number of esters is 1. The van der Waals surface area contributed by atoms with E-state index in [2.05, 4.69) is 34.3 Å². The van der Waals surface area contributed by atoms with E-state index in [4.69, 9.17) is 0 Å². The van der Waals surface area contributed by atoms with Crippen LogP contribution in [-0.2, 0) is 14.3 Å². The second-order valence-corrected chi connectivity index (χ2v) is 5.26. The zero-order chi connectivity index (χ0) is 14.1. The first-order chi connectivity index (χ1) is 9.11. The Morgan fingerprint density at radius 1 is 1.21 bits per heavy atom. The summed E-state index contributed by atoms with van der Waals surface area (Å²) in [5.41, 5.74) is 1.23. The second-order valence-electron chi connectivity index (χ2n) is 4.09. The summed E-state index contributed by atoms with van der Waals surface area (Å²) in [6.07, 6.45) is 0.660. The minimum Gasteiger partial charge on any atom is -0.469 e. The number of benzene rings is 1. The van der Waals surface area contributed by atoms with Crippen molar-refractivity contribution in [3.8, 4) is 0 Å². The third-order valence-electron chi connectivity index (χ3n) is 2.50. The van der Waals surface area contributed by atoms with Crippen LogP contribution >= 0.6 is 11.8 Å². The molecule has 0 heterocycles. The van der Waals surface area contributed by atoms with E-state index in [9.17, 15) is 9.59 Å². The summed E-state index contributed by atoms with van der Waals surface area (Å²) in [4.78, 5) is 23.5. The smallest absolute Gasteiger partial charge is 0.307 e. The summed E-state index contributed by atoms with van der Waals surface area (Å²) in [5.74, 6) is 0.380. The summed E-state index contributed by atoms with van der Waals surface area (Å²) >= 11 is 1.65. The Morgan fingerprint density at radius 2 is 1.89 bits per heavy atom. The lowest BCUT2D eigenvalue weighted by Crippen LogP contribution is -2.26. The first-order valence-electron chi connectivity index (χ1n) is 6.15. The highest BCUT2D eigenvalue weighted by molar-refractivity contribution is 7.99. The molecule has 0 aliphatic heterocycles. The van der Waals surface area contributed by atoms with Crippen molar-refractivity contribution >= 4 is 23.6 Å². The van der Waals surface area contributed by atoms with Gasteiger partial charge < -0.3 is 10.1 Å². The summed E-state index contributed by atoms with van der Waals surface area (Å²) in [6, 6.07) is 8.21. The lowest BCUT2D eigenvalue weighted by molar-refractivity contribution is -0.140. The van der Waals surface area contributed by atoms with E-state index in [1.807, 2.05) is 6.92 Å². The molecule has 104 valence electrons. The SMILES string of the molecule is COC(=O)CCNC(=O)CCSc1ccc(C)cc1. The normalized spacial score (nSPS) is 10.0. The highest BCUT2D eigenvalue weighted by atomic mass is 32.2. The number of hydrogen-bond acceptors (Lipinski definition) is 4. The Bertz CT molecular complexity index is 417. The first-order valence-corrected chi connectivity index (χ1v) is 7.13. The Morgan fingerprint density at radius 3 is 2.53 bits per heavy atom. The van der Waals surface area contributed by atoms with E-state index < -0.39 is 0 Å². The standard InChI is InChI=1S/C14H19NO3S/c1-11-3-5-12(6-4-11)19-10-8-13(16)15-9-7-14(17)18-2/h3-6H,7-10H2,1-2H3,(H,15,16). The molecule has 0 saturated heterocycles. The fraction of sp³-hybridized carbons (Fsp3) is 0.429. The van der Waals surface area contributed by atoms with E-state index in [0.717, 1.165) is 10.6 Å². The van der Waals surface area contributed by atoms with Crippen LogP contribution in [-0.4, -0.2) is 31.3 Å². The van der Waals surface area contributed by atoms with Crippen molar-refractivity contribution in [1.82, 2.24) is 5.32 Å². The molecule has 0 spiro atoms. The average Bonchev–Trinajstić information content (AvgIpc) is 2.41. The van der Waals surface area contributed by atoms with Gasteiger partial charge in [0.2, 0.25) is 5.91 Å². The molecule has 0 unspecified atom stereocenters. The Kier molecular flexibility index (Phi) is 7.03. The third kappa shape index (κ3) is 6.86. The Hall–Kier alpha value is -1.49. The number of rotatable bonds is 7. The van der Waals surface area contributed by atoms with Gasteiger partial charge >= 0.3 is 5.97 Å². The molecule has 5 heteroatoms. The van der Waals surface area contributed by atoms with Gasteiger partial charge in [-0.15, -0.1) is 11.8 Å². The molecule has 1 amide bonds. The van der Waals surface area contributed by atoms with Gasteiger partial charge in [0.25, 0.3) is 0 Å². The van der Waals surface area contributed by atoms with Crippen LogP contribution in [0.25, 0.3) is 0 Å². The fourth-order valence-corrected chi connectivity index (χ4v) is 2.24. The van der Waals surface area contributed by atoms with E-state index in [-0.39, 0.29) is 18.3 Å². The minimum atomic E-state index is -0.311. The van der Waals surface area contributed by atoms with Crippen LogP contribution in [0.15, 0.2) is 29.2 Å². The van der Waals surface area contributed by atoms with Gasteiger partial charge in [-0.3, -0.25) is 9.59 Å². The number of thioether (sulfide) groups is 1. The van der Waals surface area contributed by atoms with Gasteiger partial charge in [0, 0.05) is 23.6 Å². The van der Waals surface area contributed by atoms with Crippen LogP contribution in [0.1, 0.15) is 18.4 Å². The van der Waals surface area contributed by atoms with E-state index >= 15 is 0 Å². The van der Waals surface area contributed by atoms with Crippen molar-refractivity contribution in [2.75, 3.05) is 19.4 Å². The maximum atomic E-state index is 11.5. The Labute approximate surface area is 117 Å². The van der Waals surface area contributed by atoms with E-state index in [0.29, 0.717) is 13.0 Å². The van der Waals surface area contributed by atoms with E-state index in [1.54, 1.807) is 11.8 Å². The molecule has 0 bridgehead atoms. The quantitative estimate of drug-likeness (QED) is 0.614. The van der Waals surface area contributed by atoms with Crippen molar-refractivity contribution in [3.63, 3.8) is 0 Å². The van der Waals surface area contributed by atoms with Crippen LogP contribution in [0.4, 0.5) is 0 Å². The summed E-state index contributed by atoms with van der Waals surface area (Å²) in [6.45, 7) is 2.38. The first kappa shape index (κ1) is 15.6. The monoisotopic (exact) mass is 281 g/mol. The minimum absolute atomic E-state index is 0.0384. The fourth-order valence-electron chi connectivity index (χ4n) is 1.39.